The molecule has 1 aliphatic heterocycles. The number of cyclic esters (lactones) is 1. The minimum atomic E-state index is -0.147. The largest absolute Gasteiger partial charge is 0.464 e. The first-order valence-corrected chi connectivity index (χ1v) is 5.57. The minimum Gasteiger partial charge on any atom is -0.464 e. The van der Waals surface area contributed by atoms with Gasteiger partial charge in [0, 0.05) is 18.7 Å². The average molecular weight is 223 g/mol. The van der Waals surface area contributed by atoms with Crippen molar-refractivity contribution < 1.29 is 9.53 Å². The molecule has 5 nitrogen and oxygen atoms in total. The molecule has 1 aromatic heterocycles. The number of nitrogens with one attached hydrogen (secondary N) is 1. The third-order valence-electron chi connectivity index (χ3n) is 2.64. The zero-order valence-corrected chi connectivity index (χ0v) is 9.64. The number of nitrogens with zero attached hydrogens (tertiary/aromatic N) is 2. The van der Waals surface area contributed by atoms with Gasteiger partial charge in [0.2, 0.25) is 0 Å². The number of carbonyl (C=O) groups excluding carboxylic acids is 1. The maximum Gasteiger partial charge on any atom is 0.323 e. The van der Waals surface area contributed by atoms with Crippen LogP contribution in [0.4, 0.5) is 0 Å². The number of ether oxygens (including phenoxy) is 1. The molecule has 0 amide bonds. The van der Waals surface area contributed by atoms with Crippen LogP contribution in [-0.4, -0.2) is 34.4 Å². The number of esters is 1. The molecule has 88 valence electrons. The Morgan fingerprint density at radius 3 is 3.12 bits per heavy atom. The number of aromatic nitrogens is 2. The Bertz CT molecular complexity index is 375. The molecule has 0 aliphatic carbocycles. The summed E-state index contributed by atoms with van der Waals surface area (Å²) in [5.74, 6) is -0.136. The molecule has 2 heterocycles. The van der Waals surface area contributed by atoms with Gasteiger partial charge in [-0.05, 0) is 19.4 Å². The van der Waals surface area contributed by atoms with Crippen LogP contribution in [0.1, 0.15) is 18.9 Å². The lowest BCUT2D eigenvalue weighted by molar-refractivity contribution is -0.139. The highest BCUT2D eigenvalue weighted by Crippen LogP contribution is 2.07. The first-order valence-electron chi connectivity index (χ1n) is 5.57. The van der Waals surface area contributed by atoms with Gasteiger partial charge in [-0.15, -0.1) is 0 Å². The third-order valence-corrected chi connectivity index (χ3v) is 2.64. The summed E-state index contributed by atoms with van der Waals surface area (Å²) in [7, 11) is 0. The highest BCUT2D eigenvalue weighted by atomic mass is 16.5. The fraction of sp³-hybridized carbons (Fsp3) is 0.636. The van der Waals surface area contributed by atoms with E-state index in [4.69, 9.17) is 4.74 Å². The Balaban J connectivity index is 1.84. The van der Waals surface area contributed by atoms with Crippen LogP contribution in [-0.2, 0) is 16.1 Å². The number of hydrogen-bond acceptors (Lipinski definition) is 4. The van der Waals surface area contributed by atoms with Crippen molar-refractivity contribution in [1.29, 1.82) is 0 Å². The van der Waals surface area contributed by atoms with Crippen molar-refractivity contribution in [2.45, 2.75) is 38.9 Å². The van der Waals surface area contributed by atoms with Gasteiger partial charge in [-0.25, -0.2) is 0 Å². The maximum atomic E-state index is 11.3. The molecular weight excluding hydrogens is 206 g/mol. The van der Waals surface area contributed by atoms with Gasteiger partial charge in [-0.1, -0.05) is 0 Å². The number of hydrogen-bond donors (Lipinski definition) is 1. The van der Waals surface area contributed by atoms with Crippen LogP contribution in [0.2, 0.25) is 0 Å². The first kappa shape index (κ1) is 11.1. The van der Waals surface area contributed by atoms with Gasteiger partial charge < -0.3 is 4.74 Å². The molecule has 2 rings (SSSR count). The maximum absolute atomic E-state index is 11.3. The predicted octanol–water partition coefficient (Wildman–Crippen LogP) is 0.485. The van der Waals surface area contributed by atoms with E-state index in [0.717, 1.165) is 18.5 Å². The highest BCUT2D eigenvalue weighted by molar-refractivity contribution is 5.77. The second-order valence-electron chi connectivity index (χ2n) is 4.32. The van der Waals surface area contributed by atoms with E-state index in [9.17, 15) is 4.79 Å². The molecule has 16 heavy (non-hydrogen) atoms. The van der Waals surface area contributed by atoms with Gasteiger partial charge in [0.15, 0.2) is 0 Å². The van der Waals surface area contributed by atoms with Crippen molar-refractivity contribution in [1.82, 2.24) is 15.1 Å². The van der Waals surface area contributed by atoms with Gasteiger partial charge in [0.1, 0.15) is 6.04 Å². The molecule has 0 radical (unpaired) electrons. The summed E-state index contributed by atoms with van der Waals surface area (Å²) >= 11 is 0. The molecule has 1 saturated heterocycles. The summed E-state index contributed by atoms with van der Waals surface area (Å²) in [5, 5.41) is 7.46. The molecule has 2 atom stereocenters. The van der Waals surface area contributed by atoms with Gasteiger partial charge >= 0.3 is 5.97 Å². The normalized spacial score (nSPS) is 22.1. The molecule has 0 unspecified atom stereocenters. The summed E-state index contributed by atoms with van der Waals surface area (Å²) in [6, 6.07) is 0.0570. The molecule has 0 spiro atoms. The van der Waals surface area contributed by atoms with E-state index in [1.54, 1.807) is 0 Å². The average Bonchev–Trinajstić information content (AvgIpc) is 2.77. The minimum absolute atomic E-state index is 0.136. The lowest BCUT2D eigenvalue weighted by Gasteiger charge is -2.16. The fourth-order valence-electron chi connectivity index (χ4n) is 1.89. The van der Waals surface area contributed by atoms with E-state index in [1.165, 1.54) is 0 Å². The van der Waals surface area contributed by atoms with Crippen LogP contribution < -0.4 is 5.32 Å². The molecule has 0 aromatic carbocycles. The molecule has 1 fully saturated rings. The van der Waals surface area contributed by atoms with Crippen molar-refractivity contribution in [3.8, 4) is 0 Å². The monoisotopic (exact) mass is 223 g/mol. The summed E-state index contributed by atoms with van der Waals surface area (Å²) in [6.07, 6.45) is 4.59. The molecule has 1 aromatic rings. The fourth-order valence-corrected chi connectivity index (χ4v) is 1.89. The molecule has 1 aliphatic rings. The Hall–Kier alpha value is -1.36. The summed E-state index contributed by atoms with van der Waals surface area (Å²) in [6.45, 7) is 5.35. The van der Waals surface area contributed by atoms with Crippen molar-refractivity contribution in [2.24, 2.45) is 0 Å². The molecule has 0 bridgehead atoms. The van der Waals surface area contributed by atoms with E-state index in [1.807, 2.05) is 30.9 Å². The van der Waals surface area contributed by atoms with Crippen LogP contribution in [0.25, 0.3) is 0 Å². The van der Waals surface area contributed by atoms with Crippen molar-refractivity contribution in [3.05, 3.63) is 18.0 Å². The number of aryl methyl sites for hydroxylation is 1. The molecule has 1 N–H and O–H groups in total. The number of rotatable bonds is 4. The SMILES string of the molecule is Cc1cnn(C[C@@H](C)N[C@H]2CCOC2=O)c1. The van der Waals surface area contributed by atoms with E-state index >= 15 is 0 Å². The highest BCUT2D eigenvalue weighted by Gasteiger charge is 2.27. The van der Waals surface area contributed by atoms with Crippen molar-refractivity contribution >= 4 is 5.97 Å². The molecular formula is C11H17N3O2. The Labute approximate surface area is 94.8 Å². The second kappa shape index (κ2) is 4.65. The predicted molar refractivity (Wildman–Crippen MR) is 58.9 cm³/mol. The van der Waals surface area contributed by atoms with Gasteiger partial charge in [0.25, 0.3) is 0 Å². The summed E-state index contributed by atoms with van der Waals surface area (Å²) in [4.78, 5) is 11.3. The lowest BCUT2D eigenvalue weighted by Crippen LogP contribution is -2.41. The Morgan fingerprint density at radius 1 is 1.75 bits per heavy atom. The van der Waals surface area contributed by atoms with Gasteiger partial charge in [0.05, 0.1) is 19.3 Å². The van der Waals surface area contributed by atoms with Crippen LogP contribution in [0.5, 0.6) is 0 Å². The Morgan fingerprint density at radius 2 is 2.56 bits per heavy atom. The zero-order valence-electron chi connectivity index (χ0n) is 9.64. The molecule has 5 heteroatoms. The van der Waals surface area contributed by atoms with Crippen LogP contribution in [0.15, 0.2) is 12.4 Å². The topological polar surface area (TPSA) is 56.1 Å². The van der Waals surface area contributed by atoms with Gasteiger partial charge in [-0.3, -0.25) is 14.8 Å². The van der Waals surface area contributed by atoms with Crippen molar-refractivity contribution in [3.63, 3.8) is 0 Å². The van der Waals surface area contributed by atoms with Crippen molar-refractivity contribution in [2.75, 3.05) is 6.61 Å². The van der Waals surface area contributed by atoms with Gasteiger partial charge in [-0.2, -0.15) is 5.10 Å². The Kier molecular flexibility index (Phi) is 3.24. The van der Waals surface area contributed by atoms with E-state index in [2.05, 4.69) is 10.4 Å². The third kappa shape index (κ3) is 2.61. The summed E-state index contributed by atoms with van der Waals surface area (Å²) < 4.78 is 6.78. The standard InChI is InChI=1S/C11H17N3O2/c1-8-5-12-14(6-8)7-9(2)13-10-3-4-16-11(10)15/h5-6,9-10,13H,3-4,7H2,1-2H3/t9-,10+/m1/s1. The lowest BCUT2D eigenvalue weighted by atomic mass is 10.2. The van der Waals surface area contributed by atoms with Crippen LogP contribution in [0, 0.1) is 6.92 Å². The molecule has 0 saturated carbocycles. The summed E-state index contributed by atoms with van der Waals surface area (Å²) in [5.41, 5.74) is 1.15. The van der Waals surface area contributed by atoms with E-state index in [0.29, 0.717) is 6.61 Å². The number of carbonyl (C=O) groups is 1. The smallest absolute Gasteiger partial charge is 0.323 e. The first-order chi connectivity index (χ1) is 7.65. The zero-order chi connectivity index (χ0) is 11.5. The van der Waals surface area contributed by atoms with E-state index < -0.39 is 0 Å². The van der Waals surface area contributed by atoms with Crippen LogP contribution in [0.3, 0.4) is 0 Å². The quantitative estimate of drug-likeness (QED) is 0.755. The second-order valence-corrected chi connectivity index (χ2v) is 4.32. The van der Waals surface area contributed by atoms with E-state index in [-0.39, 0.29) is 18.1 Å². The van der Waals surface area contributed by atoms with Crippen LogP contribution >= 0.6 is 0 Å².